The summed E-state index contributed by atoms with van der Waals surface area (Å²) in [6.07, 6.45) is 0. The first-order valence-electron chi connectivity index (χ1n) is 13.9. The van der Waals surface area contributed by atoms with Crippen molar-refractivity contribution in [2.45, 2.75) is 26.2 Å². The summed E-state index contributed by atoms with van der Waals surface area (Å²) in [5, 5.41) is 6.03. The van der Waals surface area contributed by atoms with E-state index in [0.717, 1.165) is 34.0 Å². The van der Waals surface area contributed by atoms with Gasteiger partial charge >= 0.3 is 0 Å². The minimum absolute atomic E-state index is 0.0805. The molecule has 1 aromatic heterocycles. The third-order valence-corrected chi connectivity index (χ3v) is 7.73. The van der Waals surface area contributed by atoms with Gasteiger partial charge in [0.25, 0.3) is 0 Å². The van der Waals surface area contributed by atoms with Crippen molar-refractivity contribution < 1.29 is 4.42 Å². The van der Waals surface area contributed by atoms with Gasteiger partial charge in [-0.15, -0.1) is 0 Å². The standard InChI is InChI=1S/C38H31NO/c1-38(2,3)36-32-21-8-9-24-35(32)40-37(36)28-17-10-18-29(25-28)39(33-22-11-15-26-13-4-6-19-30(26)33)34-23-12-16-27-14-5-7-20-31(27)34/h4-25H,1-3H3. The molecule has 0 fully saturated rings. The van der Waals surface area contributed by atoms with Crippen LogP contribution in [-0.2, 0) is 5.41 Å². The molecule has 1 heterocycles. The Balaban J connectivity index is 1.51. The number of nitrogens with zero attached hydrogens (tertiary/aromatic N) is 1. The van der Waals surface area contributed by atoms with E-state index in [-0.39, 0.29) is 5.41 Å². The molecule has 0 amide bonds. The molecule has 0 bridgehead atoms. The largest absolute Gasteiger partial charge is 0.456 e. The predicted octanol–water partition coefficient (Wildman–Crippen LogP) is 11.2. The molecule has 0 N–H and O–H groups in total. The van der Waals surface area contributed by atoms with Crippen LogP contribution in [0, 0.1) is 0 Å². The second kappa shape index (κ2) is 9.43. The number of fused-ring (bicyclic) bond motifs is 3. The van der Waals surface area contributed by atoms with Gasteiger partial charge in [-0.3, -0.25) is 0 Å². The molecule has 0 saturated carbocycles. The zero-order valence-electron chi connectivity index (χ0n) is 23.1. The maximum absolute atomic E-state index is 6.58. The van der Waals surface area contributed by atoms with Gasteiger partial charge < -0.3 is 9.32 Å². The van der Waals surface area contributed by atoms with Crippen LogP contribution >= 0.6 is 0 Å². The van der Waals surface area contributed by atoms with Crippen LogP contribution in [0.15, 0.2) is 138 Å². The lowest BCUT2D eigenvalue weighted by Crippen LogP contribution is -2.12. The number of hydrogen-bond acceptors (Lipinski definition) is 2. The van der Waals surface area contributed by atoms with Gasteiger partial charge in [0.2, 0.25) is 0 Å². The molecule has 0 radical (unpaired) electrons. The fraction of sp³-hybridized carbons (Fsp3) is 0.105. The molecule has 2 nitrogen and oxygen atoms in total. The summed E-state index contributed by atoms with van der Waals surface area (Å²) in [4.78, 5) is 2.40. The third kappa shape index (κ3) is 4.04. The molecule has 0 aliphatic heterocycles. The zero-order valence-corrected chi connectivity index (χ0v) is 23.1. The summed E-state index contributed by atoms with van der Waals surface area (Å²) in [7, 11) is 0. The van der Waals surface area contributed by atoms with E-state index in [1.807, 2.05) is 6.07 Å². The molecular weight excluding hydrogens is 486 g/mol. The molecule has 0 saturated heterocycles. The molecular formula is C38H31NO. The molecule has 0 aliphatic carbocycles. The van der Waals surface area contributed by atoms with Crippen molar-refractivity contribution in [3.63, 3.8) is 0 Å². The average molecular weight is 518 g/mol. The predicted molar refractivity (Wildman–Crippen MR) is 170 cm³/mol. The lowest BCUT2D eigenvalue weighted by Gasteiger charge is -2.28. The first-order valence-corrected chi connectivity index (χ1v) is 13.9. The van der Waals surface area contributed by atoms with Crippen molar-refractivity contribution in [1.82, 2.24) is 0 Å². The molecule has 7 aromatic rings. The number of benzene rings is 6. The Hall–Kier alpha value is -4.82. The Bertz CT molecular complexity index is 1920. The first-order chi connectivity index (χ1) is 19.5. The Morgan fingerprint density at radius 3 is 1.68 bits per heavy atom. The van der Waals surface area contributed by atoms with E-state index in [2.05, 4.69) is 153 Å². The summed E-state index contributed by atoms with van der Waals surface area (Å²) in [5.74, 6) is 0.936. The van der Waals surface area contributed by atoms with Gasteiger partial charge in [-0.2, -0.15) is 0 Å². The van der Waals surface area contributed by atoms with E-state index in [9.17, 15) is 0 Å². The zero-order chi connectivity index (χ0) is 27.3. The van der Waals surface area contributed by atoms with Crippen LogP contribution in [0.4, 0.5) is 17.1 Å². The van der Waals surface area contributed by atoms with Gasteiger partial charge in [-0.25, -0.2) is 0 Å². The van der Waals surface area contributed by atoms with Gasteiger partial charge in [0.05, 0.1) is 11.4 Å². The number of para-hydroxylation sites is 1. The summed E-state index contributed by atoms with van der Waals surface area (Å²) < 4.78 is 6.58. The number of rotatable bonds is 4. The Kier molecular flexibility index (Phi) is 5.71. The highest BCUT2D eigenvalue weighted by Gasteiger charge is 2.27. The maximum Gasteiger partial charge on any atom is 0.139 e. The summed E-state index contributed by atoms with van der Waals surface area (Å²) in [6.45, 7) is 6.78. The Labute approximate surface area is 235 Å². The molecule has 194 valence electrons. The molecule has 0 unspecified atom stereocenters. The van der Waals surface area contributed by atoms with Crippen molar-refractivity contribution in [2.75, 3.05) is 4.90 Å². The van der Waals surface area contributed by atoms with Gasteiger partial charge in [0.15, 0.2) is 0 Å². The lowest BCUT2D eigenvalue weighted by atomic mass is 9.83. The minimum Gasteiger partial charge on any atom is -0.456 e. The number of hydrogen-bond donors (Lipinski definition) is 0. The third-order valence-electron chi connectivity index (χ3n) is 7.73. The van der Waals surface area contributed by atoms with Gasteiger partial charge in [0, 0.05) is 33.0 Å². The molecule has 6 aromatic carbocycles. The molecule has 0 atom stereocenters. The van der Waals surface area contributed by atoms with Crippen LogP contribution in [0.5, 0.6) is 0 Å². The van der Waals surface area contributed by atoms with E-state index in [4.69, 9.17) is 4.42 Å². The van der Waals surface area contributed by atoms with E-state index in [1.165, 1.54) is 32.5 Å². The normalized spacial score (nSPS) is 11.9. The van der Waals surface area contributed by atoms with Crippen LogP contribution < -0.4 is 4.90 Å². The van der Waals surface area contributed by atoms with Crippen molar-refractivity contribution in [3.05, 3.63) is 139 Å². The SMILES string of the molecule is CC(C)(C)c1c(-c2cccc(N(c3cccc4ccccc34)c3cccc4ccccc34)c2)oc2ccccc12. The van der Waals surface area contributed by atoms with Crippen LogP contribution in [0.2, 0.25) is 0 Å². The van der Waals surface area contributed by atoms with Crippen molar-refractivity contribution in [2.24, 2.45) is 0 Å². The van der Waals surface area contributed by atoms with Crippen LogP contribution in [0.25, 0.3) is 43.8 Å². The summed E-state index contributed by atoms with van der Waals surface area (Å²) in [6, 6.07) is 47.5. The summed E-state index contributed by atoms with van der Waals surface area (Å²) in [5.41, 5.74) is 6.53. The highest BCUT2D eigenvalue weighted by atomic mass is 16.3. The number of anilines is 3. The Morgan fingerprint density at radius 2 is 1.05 bits per heavy atom. The molecule has 0 spiro atoms. The second-order valence-corrected chi connectivity index (χ2v) is 11.4. The number of furan rings is 1. The molecule has 7 rings (SSSR count). The summed E-state index contributed by atoms with van der Waals surface area (Å²) >= 11 is 0. The highest BCUT2D eigenvalue weighted by Crippen LogP contribution is 2.45. The van der Waals surface area contributed by atoms with Crippen molar-refractivity contribution in [1.29, 1.82) is 0 Å². The average Bonchev–Trinajstić information content (AvgIpc) is 3.39. The fourth-order valence-corrected chi connectivity index (χ4v) is 5.99. The van der Waals surface area contributed by atoms with E-state index >= 15 is 0 Å². The van der Waals surface area contributed by atoms with Crippen LogP contribution in [0.1, 0.15) is 26.3 Å². The Morgan fingerprint density at radius 1 is 0.525 bits per heavy atom. The molecule has 40 heavy (non-hydrogen) atoms. The topological polar surface area (TPSA) is 16.4 Å². The lowest BCUT2D eigenvalue weighted by molar-refractivity contribution is 0.568. The molecule has 2 heteroatoms. The highest BCUT2D eigenvalue weighted by molar-refractivity contribution is 6.05. The van der Waals surface area contributed by atoms with Crippen LogP contribution in [-0.4, -0.2) is 0 Å². The van der Waals surface area contributed by atoms with Gasteiger partial charge in [-0.1, -0.05) is 124 Å². The van der Waals surface area contributed by atoms with E-state index in [1.54, 1.807) is 0 Å². The van der Waals surface area contributed by atoms with Gasteiger partial charge in [-0.05, 0) is 46.5 Å². The second-order valence-electron chi connectivity index (χ2n) is 11.4. The van der Waals surface area contributed by atoms with Crippen LogP contribution in [0.3, 0.4) is 0 Å². The van der Waals surface area contributed by atoms with Crippen molar-refractivity contribution in [3.8, 4) is 11.3 Å². The smallest absolute Gasteiger partial charge is 0.139 e. The maximum atomic E-state index is 6.58. The van der Waals surface area contributed by atoms with E-state index < -0.39 is 0 Å². The quantitative estimate of drug-likeness (QED) is 0.231. The van der Waals surface area contributed by atoms with Gasteiger partial charge in [0.1, 0.15) is 11.3 Å². The monoisotopic (exact) mass is 517 g/mol. The minimum atomic E-state index is -0.0805. The first kappa shape index (κ1) is 24.2. The molecule has 0 aliphatic rings. The fourth-order valence-electron chi connectivity index (χ4n) is 5.99. The van der Waals surface area contributed by atoms with Crippen molar-refractivity contribution >= 4 is 49.6 Å². The van der Waals surface area contributed by atoms with E-state index in [0.29, 0.717) is 0 Å².